The molecule has 1 aromatic heterocycles. The maximum Gasteiger partial charge on any atom is 0.410 e. The standard InChI is InChI=1S/C22H28BrFN4O4/c1-22(2,3)32-21(30)27-10-15(9-16(12-27)31-4)20(29)25-19-17(23)13-28(26-19)11-14-7-5-6-8-18(14)24/h5-8,13,15-16H,9-12H2,1-4H3,(H,25,26,29). The summed E-state index contributed by atoms with van der Waals surface area (Å²) < 4.78 is 26.9. The van der Waals surface area contributed by atoms with Crippen LogP contribution < -0.4 is 5.32 Å². The molecule has 2 aromatic rings. The average molecular weight is 511 g/mol. The number of hydrogen-bond acceptors (Lipinski definition) is 5. The van der Waals surface area contributed by atoms with Gasteiger partial charge in [-0.3, -0.25) is 9.48 Å². The van der Waals surface area contributed by atoms with Gasteiger partial charge in [-0.1, -0.05) is 18.2 Å². The minimum atomic E-state index is -0.634. The van der Waals surface area contributed by atoms with Crippen molar-refractivity contribution in [3.8, 4) is 0 Å². The lowest BCUT2D eigenvalue weighted by atomic mass is 9.95. The van der Waals surface area contributed by atoms with Crippen molar-refractivity contribution in [1.29, 1.82) is 0 Å². The minimum Gasteiger partial charge on any atom is -0.444 e. The highest BCUT2D eigenvalue weighted by Gasteiger charge is 2.36. The molecule has 1 aromatic carbocycles. The van der Waals surface area contributed by atoms with Crippen molar-refractivity contribution in [2.24, 2.45) is 5.92 Å². The van der Waals surface area contributed by atoms with Crippen molar-refractivity contribution in [1.82, 2.24) is 14.7 Å². The summed E-state index contributed by atoms with van der Waals surface area (Å²) in [7, 11) is 1.55. The molecule has 0 aliphatic carbocycles. The normalized spacial score (nSPS) is 19.0. The first-order valence-electron chi connectivity index (χ1n) is 10.3. The van der Waals surface area contributed by atoms with Gasteiger partial charge in [-0.2, -0.15) is 5.10 Å². The molecule has 3 rings (SSSR count). The Labute approximate surface area is 195 Å². The number of halogens is 2. The van der Waals surface area contributed by atoms with Gasteiger partial charge < -0.3 is 19.7 Å². The fourth-order valence-corrected chi connectivity index (χ4v) is 3.89. The van der Waals surface area contributed by atoms with Crippen LogP contribution in [0.3, 0.4) is 0 Å². The van der Waals surface area contributed by atoms with Crippen LogP contribution in [-0.4, -0.2) is 58.6 Å². The minimum absolute atomic E-state index is 0.216. The number of carbonyl (C=O) groups is 2. The number of methoxy groups -OCH3 is 1. The predicted molar refractivity (Wildman–Crippen MR) is 121 cm³/mol. The van der Waals surface area contributed by atoms with Crippen LogP contribution in [0.15, 0.2) is 34.9 Å². The molecule has 1 N–H and O–H groups in total. The van der Waals surface area contributed by atoms with Gasteiger partial charge in [-0.15, -0.1) is 0 Å². The number of anilines is 1. The van der Waals surface area contributed by atoms with Crippen molar-refractivity contribution >= 4 is 33.7 Å². The summed E-state index contributed by atoms with van der Waals surface area (Å²) in [6.07, 6.45) is 1.38. The molecular weight excluding hydrogens is 483 g/mol. The maximum atomic E-state index is 13.9. The highest BCUT2D eigenvalue weighted by Crippen LogP contribution is 2.25. The molecule has 1 saturated heterocycles. The second-order valence-electron chi connectivity index (χ2n) is 8.78. The second kappa shape index (κ2) is 9.99. The Morgan fingerprint density at radius 1 is 1.28 bits per heavy atom. The van der Waals surface area contributed by atoms with E-state index in [-0.39, 0.29) is 30.9 Å². The fourth-order valence-electron chi connectivity index (χ4n) is 3.47. The first-order valence-corrected chi connectivity index (χ1v) is 11.1. The van der Waals surface area contributed by atoms with E-state index in [0.29, 0.717) is 28.8 Å². The lowest BCUT2D eigenvalue weighted by Crippen LogP contribution is -2.51. The van der Waals surface area contributed by atoms with Crippen molar-refractivity contribution in [3.63, 3.8) is 0 Å². The smallest absolute Gasteiger partial charge is 0.410 e. The first kappa shape index (κ1) is 24.2. The monoisotopic (exact) mass is 510 g/mol. The summed E-state index contributed by atoms with van der Waals surface area (Å²) in [6.45, 7) is 6.18. The van der Waals surface area contributed by atoms with Crippen LogP contribution in [0.25, 0.3) is 0 Å². The van der Waals surface area contributed by atoms with Crippen LogP contribution >= 0.6 is 15.9 Å². The molecule has 2 atom stereocenters. The zero-order chi connectivity index (χ0) is 23.5. The molecule has 8 nitrogen and oxygen atoms in total. The van der Waals surface area contributed by atoms with Crippen LogP contribution in [-0.2, 0) is 20.8 Å². The quantitative estimate of drug-likeness (QED) is 0.655. The van der Waals surface area contributed by atoms with E-state index in [1.807, 2.05) is 0 Å². The molecule has 0 saturated carbocycles. The molecule has 2 amide bonds. The van der Waals surface area contributed by atoms with E-state index in [9.17, 15) is 14.0 Å². The summed E-state index contributed by atoms with van der Waals surface area (Å²) in [5.41, 5.74) is -0.145. The summed E-state index contributed by atoms with van der Waals surface area (Å²) in [4.78, 5) is 27.0. The summed E-state index contributed by atoms with van der Waals surface area (Å²) >= 11 is 3.39. The van der Waals surface area contributed by atoms with Gasteiger partial charge in [0.1, 0.15) is 11.4 Å². The van der Waals surface area contributed by atoms with Gasteiger partial charge in [-0.25, -0.2) is 9.18 Å². The molecule has 32 heavy (non-hydrogen) atoms. The van der Waals surface area contributed by atoms with Crippen molar-refractivity contribution < 1.29 is 23.5 Å². The third-order valence-corrected chi connectivity index (χ3v) is 5.60. The Bertz CT molecular complexity index is 975. The van der Waals surface area contributed by atoms with E-state index >= 15 is 0 Å². The number of rotatable bonds is 5. The molecule has 2 heterocycles. The maximum absolute atomic E-state index is 13.9. The summed E-state index contributed by atoms with van der Waals surface area (Å²) in [5.74, 6) is -0.767. The van der Waals surface area contributed by atoms with Gasteiger partial charge in [0.25, 0.3) is 0 Å². The molecule has 0 radical (unpaired) electrons. The van der Waals surface area contributed by atoms with E-state index in [2.05, 4.69) is 26.3 Å². The number of nitrogens with one attached hydrogen (secondary N) is 1. The fraction of sp³-hybridized carbons (Fsp3) is 0.500. The number of likely N-dealkylation sites (tertiary alicyclic amines) is 1. The van der Waals surface area contributed by atoms with E-state index in [1.165, 1.54) is 11.0 Å². The molecular formula is C22H28BrFN4O4. The topological polar surface area (TPSA) is 85.7 Å². The largest absolute Gasteiger partial charge is 0.444 e. The molecule has 0 spiro atoms. The molecule has 1 aliphatic heterocycles. The number of aromatic nitrogens is 2. The molecule has 1 fully saturated rings. The van der Waals surface area contributed by atoms with Gasteiger partial charge in [0.2, 0.25) is 5.91 Å². The number of amides is 2. The van der Waals surface area contributed by atoms with E-state index in [4.69, 9.17) is 9.47 Å². The SMILES string of the molecule is COC1CC(C(=O)Nc2nn(Cc3ccccc3F)cc2Br)CN(C(=O)OC(C)(C)C)C1. The molecule has 2 unspecified atom stereocenters. The Hall–Kier alpha value is -2.46. The first-order chi connectivity index (χ1) is 15.1. The number of piperidine rings is 1. The third kappa shape index (κ3) is 6.29. The zero-order valence-electron chi connectivity index (χ0n) is 18.6. The van der Waals surface area contributed by atoms with Gasteiger partial charge in [-0.05, 0) is 49.2 Å². The highest BCUT2D eigenvalue weighted by molar-refractivity contribution is 9.10. The molecule has 10 heteroatoms. The van der Waals surface area contributed by atoms with Gasteiger partial charge >= 0.3 is 6.09 Å². The Balaban J connectivity index is 1.68. The zero-order valence-corrected chi connectivity index (χ0v) is 20.2. The molecule has 0 bridgehead atoms. The van der Waals surface area contributed by atoms with Gasteiger partial charge in [0.15, 0.2) is 5.82 Å². The summed E-state index contributed by atoms with van der Waals surface area (Å²) in [6, 6.07) is 6.45. The van der Waals surface area contributed by atoms with Crippen LogP contribution in [0.1, 0.15) is 32.8 Å². The Kier molecular flexibility index (Phi) is 7.55. The van der Waals surface area contributed by atoms with E-state index in [1.54, 1.807) is 57.0 Å². The van der Waals surface area contributed by atoms with E-state index in [0.717, 1.165) is 0 Å². The van der Waals surface area contributed by atoms with Crippen molar-refractivity contribution in [2.75, 3.05) is 25.5 Å². The number of nitrogens with zero attached hydrogens (tertiary/aromatic N) is 3. The van der Waals surface area contributed by atoms with Gasteiger partial charge in [0, 0.05) is 25.4 Å². The van der Waals surface area contributed by atoms with Crippen LogP contribution in [0.5, 0.6) is 0 Å². The lowest BCUT2D eigenvalue weighted by molar-refractivity contribution is -0.123. The highest BCUT2D eigenvalue weighted by atomic mass is 79.9. The third-order valence-electron chi connectivity index (χ3n) is 5.02. The number of carbonyl (C=O) groups excluding carboxylic acids is 2. The van der Waals surface area contributed by atoms with Crippen LogP contribution in [0, 0.1) is 11.7 Å². The lowest BCUT2D eigenvalue weighted by Gasteiger charge is -2.37. The predicted octanol–water partition coefficient (Wildman–Crippen LogP) is 4.04. The second-order valence-corrected chi connectivity index (χ2v) is 9.63. The Morgan fingerprint density at radius 2 is 2.00 bits per heavy atom. The van der Waals surface area contributed by atoms with Gasteiger partial charge in [0.05, 0.1) is 29.6 Å². The van der Waals surface area contributed by atoms with Crippen LogP contribution in [0.2, 0.25) is 0 Å². The molecule has 174 valence electrons. The summed E-state index contributed by atoms with van der Waals surface area (Å²) in [5, 5.41) is 7.16. The average Bonchev–Trinajstić information content (AvgIpc) is 3.06. The Morgan fingerprint density at radius 3 is 2.66 bits per heavy atom. The molecule has 1 aliphatic rings. The number of hydrogen-bond donors (Lipinski definition) is 1. The van der Waals surface area contributed by atoms with E-state index < -0.39 is 17.6 Å². The number of benzene rings is 1. The number of ether oxygens (including phenoxy) is 2. The van der Waals surface area contributed by atoms with Crippen molar-refractivity contribution in [3.05, 3.63) is 46.3 Å². The van der Waals surface area contributed by atoms with Crippen LogP contribution in [0.4, 0.5) is 15.0 Å². The van der Waals surface area contributed by atoms with Crippen molar-refractivity contribution in [2.45, 2.75) is 45.4 Å².